The van der Waals surface area contributed by atoms with E-state index in [-0.39, 0.29) is 0 Å². The number of aryl methyl sites for hydroxylation is 1. The second-order valence-corrected chi connectivity index (χ2v) is 10.3. The summed E-state index contributed by atoms with van der Waals surface area (Å²) < 4.78 is 17.8. The fourth-order valence-corrected chi connectivity index (χ4v) is 4.75. The summed E-state index contributed by atoms with van der Waals surface area (Å²) in [6.07, 6.45) is 3.56. The molecule has 9 heteroatoms. The van der Waals surface area contributed by atoms with Crippen molar-refractivity contribution in [3.05, 3.63) is 58.4 Å². The number of carboxylic acids is 1. The van der Waals surface area contributed by atoms with Crippen LogP contribution in [0.5, 0.6) is 11.5 Å². The number of ether oxygens (including phenoxy) is 2. The average molecular weight is 512 g/mol. The largest absolute Gasteiger partial charge is 0.487 e. The molecule has 36 heavy (non-hydrogen) atoms. The summed E-state index contributed by atoms with van der Waals surface area (Å²) in [5.74, 6) is -0.212. The number of hydrogen-bond acceptors (Lipinski definition) is 7. The van der Waals surface area contributed by atoms with Crippen LogP contribution in [-0.2, 0) is 16.0 Å². The first-order valence-electron chi connectivity index (χ1n) is 11.7. The molecule has 1 atom stereocenters. The van der Waals surface area contributed by atoms with Crippen LogP contribution in [0.15, 0.2) is 51.7 Å². The van der Waals surface area contributed by atoms with Crippen molar-refractivity contribution in [2.24, 2.45) is 0 Å². The van der Waals surface area contributed by atoms with Gasteiger partial charge in [0, 0.05) is 23.3 Å². The summed E-state index contributed by atoms with van der Waals surface area (Å²) in [4.78, 5) is 36.7. The number of carboxylic acid groups (broad SMARTS) is 1. The standard InChI is InChI=1S/C27H29NO7S/c1-27(2)11-9-17-20(35-27)14-21(33-15-22(29)28-19(26(31)32)10-12-36-3)24-18(13-23(30)34-25(17)24)16-7-5-4-6-8-16/h4-8,13-14,19H,9-12,15H2,1-3H3,(H,28,29)(H,31,32). The van der Waals surface area contributed by atoms with E-state index in [4.69, 9.17) is 13.9 Å². The van der Waals surface area contributed by atoms with Gasteiger partial charge in [-0.1, -0.05) is 30.3 Å². The van der Waals surface area contributed by atoms with Crippen LogP contribution in [0.3, 0.4) is 0 Å². The zero-order valence-electron chi connectivity index (χ0n) is 20.5. The summed E-state index contributed by atoms with van der Waals surface area (Å²) in [7, 11) is 0. The van der Waals surface area contributed by atoms with E-state index in [0.29, 0.717) is 46.6 Å². The Balaban J connectivity index is 1.75. The number of thioether (sulfide) groups is 1. The SMILES string of the molecule is CSCCC(NC(=O)COc1cc2c(c3oc(=O)cc(-c4ccccc4)c13)CCC(C)(C)O2)C(=O)O. The third kappa shape index (κ3) is 5.67. The number of fused-ring (bicyclic) bond motifs is 3. The van der Waals surface area contributed by atoms with E-state index < -0.39 is 35.8 Å². The zero-order valence-corrected chi connectivity index (χ0v) is 21.3. The maximum absolute atomic E-state index is 12.6. The van der Waals surface area contributed by atoms with Gasteiger partial charge in [-0.2, -0.15) is 11.8 Å². The van der Waals surface area contributed by atoms with Crippen LogP contribution in [0.2, 0.25) is 0 Å². The van der Waals surface area contributed by atoms with Crippen LogP contribution in [0, 0.1) is 0 Å². The lowest BCUT2D eigenvalue weighted by Crippen LogP contribution is -2.43. The second-order valence-electron chi connectivity index (χ2n) is 9.29. The van der Waals surface area contributed by atoms with Crippen molar-refractivity contribution in [1.29, 1.82) is 0 Å². The predicted octanol–water partition coefficient (Wildman–Crippen LogP) is 4.26. The Hall–Kier alpha value is -3.46. The molecular weight excluding hydrogens is 482 g/mol. The number of rotatable bonds is 9. The van der Waals surface area contributed by atoms with Gasteiger partial charge in [0.15, 0.2) is 6.61 Å². The van der Waals surface area contributed by atoms with E-state index in [1.165, 1.54) is 17.8 Å². The van der Waals surface area contributed by atoms with Gasteiger partial charge in [-0.05, 0) is 50.7 Å². The van der Waals surface area contributed by atoms with Crippen molar-refractivity contribution < 1.29 is 28.6 Å². The lowest BCUT2D eigenvalue weighted by Gasteiger charge is -2.33. The fraction of sp³-hybridized carbons (Fsp3) is 0.370. The average Bonchev–Trinajstić information content (AvgIpc) is 2.84. The third-order valence-corrected chi connectivity index (χ3v) is 6.74. The molecule has 0 saturated heterocycles. The first-order chi connectivity index (χ1) is 17.2. The molecule has 1 aliphatic rings. The number of benzene rings is 2. The van der Waals surface area contributed by atoms with Crippen LogP contribution in [0.1, 0.15) is 32.3 Å². The molecule has 0 spiro atoms. The molecule has 1 aromatic heterocycles. The van der Waals surface area contributed by atoms with E-state index in [1.807, 2.05) is 50.4 Å². The van der Waals surface area contributed by atoms with Gasteiger partial charge in [0.25, 0.3) is 5.91 Å². The van der Waals surface area contributed by atoms with Crippen molar-refractivity contribution in [1.82, 2.24) is 5.32 Å². The molecule has 2 N–H and O–H groups in total. The predicted molar refractivity (Wildman–Crippen MR) is 139 cm³/mol. The van der Waals surface area contributed by atoms with E-state index in [1.54, 1.807) is 6.07 Å². The Morgan fingerprint density at radius 3 is 2.67 bits per heavy atom. The van der Waals surface area contributed by atoms with Gasteiger partial charge in [-0.25, -0.2) is 9.59 Å². The van der Waals surface area contributed by atoms with E-state index in [0.717, 1.165) is 17.5 Å². The molecule has 1 unspecified atom stereocenters. The van der Waals surface area contributed by atoms with Crippen LogP contribution in [-0.4, -0.2) is 47.2 Å². The monoisotopic (exact) mass is 511 g/mol. The van der Waals surface area contributed by atoms with Crippen molar-refractivity contribution in [3.8, 4) is 22.6 Å². The molecule has 0 fully saturated rings. The third-order valence-electron chi connectivity index (χ3n) is 6.09. The molecular formula is C27H29NO7S. The molecule has 3 aromatic rings. The summed E-state index contributed by atoms with van der Waals surface area (Å²) >= 11 is 1.50. The highest BCUT2D eigenvalue weighted by atomic mass is 32.2. The number of hydrogen-bond donors (Lipinski definition) is 2. The maximum atomic E-state index is 12.6. The lowest BCUT2D eigenvalue weighted by molar-refractivity contribution is -0.142. The molecule has 8 nitrogen and oxygen atoms in total. The molecule has 0 aliphatic carbocycles. The molecule has 0 bridgehead atoms. The number of carbonyl (C=O) groups excluding carboxylic acids is 1. The minimum Gasteiger partial charge on any atom is -0.487 e. The Kier molecular flexibility index (Phi) is 7.59. The van der Waals surface area contributed by atoms with Gasteiger partial charge in [0.05, 0.1) is 5.39 Å². The van der Waals surface area contributed by atoms with Crippen LogP contribution in [0.4, 0.5) is 0 Å². The van der Waals surface area contributed by atoms with Gasteiger partial charge >= 0.3 is 11.6 Å². The second kappa shape index (κ2) is 10.7. The number of carbonyl (C=O) groups is 2. The van der Waals surface area contributed by atoms with Gasteiger partial charge in [-0.15, -0.1) is 0 Å². The molecule has 4 rings (SSSR count). The molecule has 1 aliphatic heterocycles. The van der Waals surface area contributed by atoms with Crippen LogP contribution >= 0.6 is 11.8 Å². The van der Waals surface area contributed by atoms with Gasteiger partial charge in [0.2, 0.25) is 0 Å². The number of nitrogens with one attached hydrogen (secondary N) is 1. The van der Waals surface area contributed by atoms with E-state index in [9.17, 15) is 19.5 Å². The minimum atomic E-state index is -1.10. The summed E-state index contributed by atoms with van der Waals surface area (Å²) in [5.41, 5.74) is 1.64. The van der Waals surface area contributed by atoms with Crippen molar-refractivity contribution in [3.63, 3.8) is 0 Å². The molecule has 0 radical (unpaired) electrons. The molecule has 1 amide bonds. The fourth-order valence-electron chi connectivity index (χ4n) is 4.27. The highest BCUT2D eigenvalue weighted by molar-refractivity contribution is 7.98. The summed E-state index contributed by atoms with van der Waals surface area (Å²) in [6.45, 7) is 3.55. The number of amides is 1. The smallest absolute Gasteiger partial charge is 0.336 e. The van der Waals surface area contributed by atoms with E-state index in [2.05, 4.69) is 5.32 Å². The Bertz CT molecular complexity index is 1330. The van der Waals surface area contributed by atoms with Crippen molar-refractivity contribution >= 4 is 34.6 Å². The molecule has 190 valence electrons. The van der Waals surface area contributed by atoms with Crippen LogP contribution in [0.25, 0.3) is 22.1 Å². The van der Waals surface area contributed by atoms with Crippen molar-refractivity contribution in [2.75, 3.05) is 18.6 Å². The highest BCUT2D eigenvalue weighted by Crippen LogP contribution is 2.44. The number of aliphatic carboxylic acids is 1. The highest BCUT2D eigenvalue weighted by Gasteiger charge is 2.31. The molecule has 2 heterocycles. The zero-order chi connectivity index (χ0) is 25.9. The Morgan fingerprint density at radius 2 is 1.97 bits per heavy atom. The first-order valence-corrected chi connectivity index (χ1v) is 13.1. The van der Waals surface area contributed by atoms with Gasteiger partial charge in [0.1, 0.15) is 28.7 Å². The quantitative estimate of drug-likeness (QED) is 0.410. The van der Waals surface area contributed by atoms with Gasteiger partial charge in [-0.3, -0.25) is 4.79 Å². The maximum Gasteiger partial charge on any atom is 0.336 e. The molecule has 2 aromatic carbocycles. The van der Waals surface area contributed by atoms with Crippen LogP contribution < -0.4 is 20.4 Å². The Morgan fingerprint density at radius 1 is 1.22 bits per heavy atom. The van der Waals surface area contributed by atoms with Crippen molar-refractivity contribution in [2.45, 2.75) is 44.8 Å². The lowest BCUT2D eigenvalue weighted by atomic mass is 9.91. The van der Waals surface area contributed by atoms with Gasteiger partial charge < -0.3 is 24.3 Å². The first kappa shape index (κ1) is 25.6. The molecule has 0 saturated carbocycles. The summed E-state index contributed by atoms with van der Waals surface area (Å²) in [5, 5.41) is 12.5. The summed E-state index contributed by atoms with van der Waals surface area (Å²) in [6, 6.07) is 11.5. The minimum absolute atomic E-state index is 0.302. The topological polar surface area (TPSA) is 115 Å². The normalized spacial score (nSPS) is 15.0. The van der Waals surface area contributed by atoms with E-state index >= 15 is 0 Å². The Labute approximate surface area is 213 Å².